The van der Waals surface area contributed by atoms with Crippen LogP contribution >= 0.6 is 24.0 Å². The SMILES string of the molecule is CN=C(NCCCc1nc(C)no1)NCc1ccc(C)cc1OC(C)C.I. The van der Waals surface area contributed by atoms with Crippen molar-refractivity contribution in [3.8, 4) is 5.75 Å². The second-order valence-corrected chi connectivity index (χ2v) is 6.47. The third-order valence-corrected chi connectivity index (χ3v) is 3.68. The van der Waals surface area contributed by atoms with Gasteiger partial charge in [-0.15, -0.1) is 24.0 Å². The molecule has 0 atom stereocenters. The smallest absolute Gasteiger partial charge is 0.226 e. The van der Waals surface area contributed by atoms with Crippen molar-refractivity contribution in [2.75, 3.05) is 13.6 Å². The lowest BCUT2D eigenvalue weighted by Crippen LogP contribution is -2.37. The number of nitrogens with zero attached hydrogens (tertiary/aromatic N) is 3. The molecule has 0 spiro atoms. The minimum Gasteiger partial charge on any atom is -0.491 e. The molecule has 0 aliphatic carbocycles. The standard InChI is InChI=1S/C19H29N5O2.HI/c1-13(2)25-17-11-14(3)8-9-16(17)12-22-19(20-5)21-10-6-7-18-23-15(4)24-26-18;/h8-9,11,13H,6-7,10,12H2,1-5H3,(H2,20,21,22);1H. The van der Waals surface area contributed by atoms with Crippen molar-refractivity contribution in [2.24, 2.45) is 4.99 Å². The van der Waals surface area contributed by atoms with Gasteiger partial charge in [0.25, 0.3) is 0 Å². The number of hydrogen-bond donors (Lipinski definition) is 2. The molecule has 0 amide bonds. The topological polar surface area (TPSA) is 84.6 Å². The van der Waals surface area contributed by atoms with Gasteiger partial charge in [-0.2, -0.15) is 4.98 Å². The van der Waals surface area contributed by atoms with Crippen molar-refractivity contribution in [2.45, 2.75) is 53.2 Å². The number of ether oxygens (including phenoxy) is 1. The molecule has 2 rings (SSSR count). The van der Waals surface area contributed by atoms with Crippen LogP contribution in [0.2, 0.25) is 0 Å². The molecule has 0 fully saturated rings. The van der Waals surface area contributed by atoms with Crippen molar-refractivity contribution in [1.29, 1.82) is 0 Å². The molecule has 8 heteroatoms. The predicted octanol–water partition coefficient (Wildman–Crippen LogP) is 3.39. The van der Waals surface area contributed by atoms with Crippen LogP contribution in [-0.2, 0) is 13.0 Å². The molecule has 0 aliphatic heterocycles. The number of guanidine groups is 1. The fourth-order valence-electron chi connectivity index (χ4n) is 2.46. The van der Waals surface area contributed by atoms with E-state index >= 15 is 0 Å². The highest BCUT2D eigenvalue weighted by atomic mass is 127. The Balaban J connectivity index is 0.00000364. The highest BCUT2D eigenvalue weighted by molar-refractivity contribution is 14.0. The summed E-state index contributed by atoms with van der Waals surface area (Å²) in [7, 11) is 1.76. The molecule has 0 radical (unpaired) electrons. The van der Waals surface area contributed by atoms with E-state index in [1.807, 2.05) is 20.8 Å². The Kier molecular flexibility index (Phi) is 10.1. The third kappa shape index (κ3) is 8.15. The molecule has 2 aromatic rings. The second kappa shape index (κ2) is 11.8. The van der Waals surface area contributed by atoms with Crippen molar-refractivity contribution in [1.82, 2.24) is 20.8 Å². The Morgan fingerprint density at radius 3 is 2.67 bits per heavy atom. The van der Waals surface area contributed by atoms with Gasteiger partial charge < -0.3 is 19.9 Å². The zero-order chi connectivity index (χ0) is 18.9. The Morgan fingerprint density at radius 2 is 2.04 bits per heavy atom. The minimum atomic E-state index is 0. The summed E-state index contributed by atoms with van der Waals surface area (Å²) in [5, 5.41) is 10.4. The van der Waals surface area contributed by atoms with Crippen LogP contribution in [0.3, 0.4) is 0 Å². The summed E-state index contributed by atoms with van der Waals surface area (Å²) in [6.07, 6.45) is 1.77. The Morgan fingerprint density at radius 1 is 1.26 bits per heavy atom. The van der Waals surface area contributed by atoms with Crippen LogP contribution in [-0.4, -0.2) is 35.8 Å². The Labute approximate surface area is 178 Å². The first-order valence-electron chi connectivity index (χ1n) is 8.98. The highest BCUT2D eigenvalue weighted by Gasteiger charge is 2.08. The Bertz CT molecular complexity index is 731. The second-order valence-electron chi connectivity index (χ2n) is 6.47. The molecule has 0 aliphatic rings. The molecule has 1 aromatic carbocycles. The van der Waals surface area contributed by atoms with Gasteiger partial charge >= 0.3 is 0 Å². The summed E-state index contributed by atoms with van der Waals surface area (Å²) in [5.41, 5.74) is 2.29. The fraction of sp³-hybridized carbons (Fsp3) is 0.526. The molecule has 0 saturated heterocycles. The lowest BCUT2D eigenvalue weighted by molar-refractivity contribution is 0.239. The summed E-state index contributed by atoms with van der Waals surface area (Å²) in [5.74, 6) is 3.00. The van der Waals surface area contributed by atoms with E-state index in [1.165, 1.54) is 5.56 Å². The molecule has 2 N–H and O–H groups in total. The van der Waals surface area contributed by atoms with Gasteiger partial charge in [0.1, 0.15) is 5.75 Å². The van der Waals surface area contributed by atoms with Gasteiger partial charge in [0, 0.05) is 32.1 Å². The van der Waals surface area contributed by atoms with Gasteiger partial charge in [-0.05, 0) is 45.7 Å². The van der Waals surface area contributed by atoms with E-state index in [-0.39, 0.29) is 30.1 Å². The largest absolute Gasteiger partial charge is 0.491 e. The molecule has 0 unspecified atom stereocenters. The number of aryl methyl sites for hydroxylation is 3. The maximum absolute atomic E-state index is 5.92. The number of aliphatic imine (C=N–C) groups is 1. The number of rotatable bonds is 8. The van der Waals surface area contributed by atoms with Crippen molar-refractivity contribution < 1.29 is 9.26 Å². The number of aromatic nitrogens is 2. The summed E-state index contributed by atoms with van der Waals surface area (Å²) in [4.78, 5) is 8.46. The van der Waals surface area contributed by atoms with Crippen molar-refractivity contribution in [3.05, 3.63) is 41.0 Å². The first-order chi connectivity index (χ1) is 12.5. The Hall–Kier alpha value is -1.84. The normalized spacial score (nSPS) is 11.3. The average Bonchev–Trinajstić information content (AvgIpc) is 3.00. The number of halogens is 1. The zero-order valence-corrected chi connectivity index (χ0v) is 19.0. The van der Waals surface area contributed by atoms with E-state index in [1.54, 1.807) is 7.05 Å². The maximum atomic E-state index is 5.92. The molecule has 7 nitrogen and oxygen atoms in total. The summed E-state index contributed by atoms with van der Waals surface area (Å²) >= 11 is 0. The lowest BCUT2D eigenvalue weighted by Gasteiger charge is -2.17. The zero-order valence-electron chi connectivity index (χ0n) is 16.7. The molecule has 0 bridgehead atoms. The first kappa shape index (κ1) is 23.2. The van der Waals surface area contributed by atoms with Gasteiger partial charge in [-0.1, -0.05) is 17.3 Å². The monoisotopic (exact) mass is 487 g/mol. The van der Waals surface area contributed by atoms with Crippen LogP contribution in [0.15, 0.2) is 27.7 Å². The van der Waals surface area contributed by atoms with Gasteiger partial charge in [-0.3, -0.25) is 4.99 Å². The van der Waals surface area contributed by atoms with Crippen molar-refractivity contribution >= 4 is 29.9 Å². The maximum Gasteiger partial charge on any atom is 0.226 e. The fourth-order valence-corrected chi connectivity index (χ4v) is 2.46. The molecular weight excluding hydrogens is 457 g/mol. The third-order valence-electron chi connectivity index (χ3n) is 3.68. The van der Waals surface area contributed by atoms with Crippen LogP contribution in [0.1, 0.15) is 43.1 Å². The molecular formula is C19H30IN5O2. The van der Waals surface area contributed by atoms with E-state index in [4.69, 9.17) is 9.26 Å². The summed E-state index contributed by atoms with van der Waals surface area (Å²) < 4.78 is 11.0. The van der Waals surface area contributed by atoms with Gasteiger partial charge in [0.15, 0.2) is 11.8 Å². The van der Waals surface area contributed by atoms with E-state index in [0.717, 1.165) is 36.7 Å². The van der Waals surface area contributed by atoms with Crippen LogP contribution in [0, 0.1) is 13.8 Å². The molecule has 1 heterocycles. The number of nitrogens with one attached hydrogen (secondary N) is 2. The van der Waals surface area contributed by atoms with Crippen LogP contribution in [0.4, 0.5) is 0 Å². The summed E-state index contributed by atoms with van der Waals surface area (Å²) in [6, 6.07) is 6.25. The van der Waals surface area contributed by atoms with Crippen molar-refractivity contribution in [3.63, 3.8) is 0 Å². The van der Waals surface area contributed by atoms with Gasteiger partial charge in [0.2, 0.25) is 5.89 Å². The van der Waals surface area contributed by atoms with Gasteiger partial charge in [-0.25, -0.2) is 0 Å². The highest BCUT2D eigenvalue weighted by Crippen LogP contribution is 2.21. The summed E-state index contributed by atoms with van der Waals surface area (Å²) in [6.45, 7) is 9.36. The number of hydrogen-bond acceptors (Lipinski definition) is 5. The minimum absolute atomic E-state index is 0. The molecule has 27 heavy (non-hydrogen) atoms. The first-order valence-corrected chi connectivity index (χ1v) is 8.98. The lowest BCUT2D eigenvalue weighted by atomic mass is 10.1. The van der Waals surface area contributed by atoms with E-state index in [9.17, 15) is 0 Å². The van der Waals surface area contributed by atoms with Crippen LogP contribution < -0.4 is 15.4 Å². The van der Waals surface area contributed by atoms with Crippen LogP contribution in [0.5, 0.6) is 5.75 Å². The van der Waals surface area contributed by atoms with E-state index < -0.39 is 0 Å². The van der Waals surface area contributed by atoms with Gasteiger partial charge in [0.05, 0.1) is 6.10 Å². The van der Waals surface area contributed by atoms with Crippen LogP contribution in [0.25, 0.3) is 0 Å². The molecule has 150 valence electrons. The van der Waals surface area contributed by atoms with E-state index in [0.29, 0.717) is 18.3 Å². The number of benzene rings is 1. The quantitative estimate of drug-likeness (QED) is 0.257. The average molecular weight is 487 g/mol. The predicted molar refractivity (Wildman–Crippen MR) is 118 cm³/mol. The molecule has 1 aromatic heterocycles. The molecule has 0 saturated carbocycles. The van der Waals surface area contributed by atoms with E-state index in [2.05, 4.69) is 50.9 Å².